The fourth-order valence-electron chi connectivity index (χ4n) is 7.31. The molecule has 0 N–H and O–H groups in total. The number of benzene rings is 3. The molecule has 7 rings (SSSR count). The van der Waals surface area contributed by atoms with E-state index in [1.54, 1.807) is 29.8 Å². The number of fused-ring (bicyclic) bond motifs is 1. The van der Waals surface area contributed by atoms with E-state index in [2.05, 4.69) is 78.0 Å². The molecule has 5 aromatic rings. The van der Waals surface area contributed by atoms with Gasteiger partial charge in [-0.05, 0) is 99.1 Å². The molecule has 10 heteroatoms. The highest BCUT2D eigenvalue weighted by Gasteiger charge is 2.22. The third-order valence-corrected chi connectivity index (χ3v) is 11.5. The Morgan fingerprint density at radius 2 is 1.62 bits per heavy atom. The van der Waals surface area contributed by atoms with E-state index in [9.17, 15) is 5.26 Å². The summed E-state index contributed by atoms with van der Waals surface area (Å²) in [5.41, 5.74) is 9.18. The number of halogens is 1. The number of thiazole rings is 1. The largest absolute Gasteiger partial charge is 0.493 e. The summed E-state index contributed by atoms with van der Waals surface area (Å²) < 4.78 is 19.2. The first kappa shape index (κ1) is 36.9. The molecule has 0 radical (unpaired) electrons. The van der Waals surface area contributed by atoms with Gasteiger partial charge in [-0.15, -0.1) is 11.3 Å². The van der Waals surface area contributed by atoms with Crippen LogP contribution in [-0.2, 0) is 32.7 Å². The van der Waals surface area contributed by atoms with Crippen LogP contribution in [0.3, 0.4) is 0 Å². The average molecular weight is 748 g/mol. The number of hydrogen-bond acceptors (Lipinski definition) is 9. The first-order valence-corrected chi connectivity index (χ1v) is 19.7. The molecular weight excluding hydrogens is 702 g/mol. The van der Waals surface area contributed by atoms with Gasteiger partial charge in [0, 0.05) is 67.1 Å². The van der Waals surface area contributed by atoms with Gasteiger partial charge in [-0.1, -0.05) is 41.9 Å². The first-order valence-electron chi connectivity index (χ1n) is 18.5. The lowest BCUT2D eigenvalue weighted by Gasteiger charge is -2.27. The summed E-state index contributed by atoms with van der Waals surface area (Å²) >= 11 is 8.72. The molecule has 2 aromatic heterocycles. The molecule has 1 saturated heterocycles. The molecule has 0 spiro atoms. The van der Waals surface area contributed by atoms with E-state index < -0.39 is 0 Å². The Morgan fingerprint density at radius 3 is 2.45 bits per heavy atom. The van der Waals surface area contributed by atoms with Crippen LogP contribution in [0.2, 0.25) is 5.02 Å². The lowest BCUT2D eigenvalue weighted by atomic mass is 9.93. The number of nitrogens with zero attached hydrogens (tertiary/aromatic N) is 5. The number of aryl methyl sites for hydroxylation is 1. The number of likely N-dealkylation sites (tertiary alicyclic amines) is 1. The summed E-state index contributed by atoms with van der Waals surface area (Å²) in [6.07, 6.45) is 7.85. The van der Waals surface area contributed by atoms with Crippen molar-refractivity contribution in [2.45, 2.75) is 72.8 Å². The summed E-state index contributed by atoms with van der Waals surface area (Å²) in [5, 5.41) is 11.0. The van der Waals surface area contributed by atoms with E-state index in [0.717, 1.165) is 82.2 Å². The van der Waals surface area contributed by atoms with Crippen molar-refractivity contribution in [3.05, 3.63) is 121 Å². The van der Waals surface area contributed by atoms with Gasteiger partial charge in [0.2, 0.25) is 0 Å². The van der Waals surface area contributed by atoms with Crippen LogP contribution in [0.5, 0.6) is 17.2 Å². The Balaban J connectivity index is 1.07. The van der Waals surface area contributed by atoms with E-state index in [0.29, 0.717) is 41.8 Å². The second-order valence-corrected chi connectivity index (χ2v) is 15.7. The Labute approximate surface area is 321 Å². The van der Waals surface area contributed by atoms with Crippen molar-refractivity contribution in [1.82, 2.24) is 19.8 Å². The van der Waals surface area contributed by atoms with Gasteiger partial charge in [0.05, 0.1) is 27.9 Å². The van der Waals surface area contributed by atoms with Gasteiger partial charge in [0.1, 0.15) is 36.5 Å². The second kappa shape index (κ2) is 17.1. The highest BCUT2D eigenvalue weighted by atomic mass is 35.5. The minimum absolute atomic E-state index is 0.260. The zero-order valence-electron chi connectivity index (χ0n) is 30.8. The fourth-order valence-corrected chi connectivity index (χ4v) is 8.58. The average Bonchev–Trinajstić information content (AvgIpc) is 3.82. The third-order valence-electron chi connectivity index (χ3n) is 10.2. The van der Waals surface area contributed by atoms with Gasteiger partial charge >= 0.3 is 0 Å². The van der Waals surface area contributed by atoms with Gasteiger partial charge in [0.25, 0.3) is 0 Å². The third kappa shape index (κ3) is 9.02. The maximum atomic E-state index is 9.38. The molecule has 0 amide bonds. The fraction of sp³-hybridized carbons (Fsp3) is 0.372. The van der Waals surface area contributed by atoms with E-state index in [4.69, 9.17) is 30.8 Å². The SMILES string of the molecule is Cc1nc2c(s1)CN(Cc1cc(Cl)c(OCc3cccc(-c4cccc(OCCCN5CCCC5)c4C)c3C)cc1OCc1cncc(C#N)c1)CC2. The van der Waals surface area contributed by atoms with Crippen LogP contribution in [0.4, 0.5) is 0 Å². The Bertz CT molecular complexity index is 2100. The van der Waals surface area contributed by atoms with Gasteiger partial charge < -0.3 is 19.1 Å². The van der Waals surface area contributed by atoms with Gasteiger partial charge in [-0.2, -0.15) is 5.26 Å². The lowest BCUT2D eigenvalue weighted by molar-refractivity contribution is 0.236. The summed E-state index contributed by atoms with van der Waals surface area (Å²) in [6, 6.07) is 20.5. The Kier molecular flexibility index (Phi) is 11.9. The molecule has 3 aromatic carbocycles. The van der Waals surface area contributed by atoms with Crippen molar-refractivity contribution < 1.29 is 14.2 Å². The quantitative estimate of drug-likeness (QED) is 0.104. The zero-order chi connectivity index (χ0) is 36.7. The normalized spacial score (nSPS) is 14.5. The highest BCUT2D eigenvalue weighted by Crippen LogP contribution is 2.37. The number of hydrogen-bond donors (Lipinski definition) is 0. The standard InChI is InChI=1S/C43H46ClN5O3S/c1-29-34(9-6-10-36(29)37-11-7-12-40(30(37)2)50-18-8-16-48-14-4-5-15-48)28-52-42-21-41(51-27-33-19-32(22-45)23-46-24-33)35(20-38(42)44)25-49-17-13-39-43(26-49)53-31(3)47-39/h6-7,9-12,19-21,23-24H,4-5,8,13-18,25-28H2,1-3H3. The maximum Gasteiger partial charge on any atom is 0.142 e. The van der Waals surface area contributed by atoms with Gasteiger partial charge in [-0.25, -0.2) is 4.98 Å². The van der Waals surface area contributed by atoms with Crippen LogP contribution in [0.15, 0.2) is 67.0 Å². The first-order chi connectivity index (χ1) is 25.8. The lowest BCUT2D eigenvalue weighted by Crippen LogP contribution is -2.29. The molecule has 2 aliphatic rings. The van der Waals surface area contributed by atoms with Gasteiger partial charge in [-0.3, -0.25) is 9.88 Å². The van der Waals surface area contributed by atoms with Crippen molar-refractivity contribution in [2.24, 2.45) is 0 Å². The second-order valence-electron chi connectivity index (χ2n) is 14.0. The predicted octanol–water partition coefficient (Wildman–Crippen LogP) is 9.24. The molecule has 8 nitrogen and oxygen atoms in total. The molecule has 0 saturated carbocycles. The van der Waals surface area contributed by atoms with E-state index in [-0.39, 0.29) is 6.61 Å². The Morgan fingerprint density at radius 1 is 0.830 bits per heavy atom. The monoisotopic (exact) mass is 747 g/mol. The number of rotatable bonds is 14. The van der Waals surface area contributed by atoms with Crippen molar-refractivity contribution in [2.75, 3.05) is 32.8 Å². The minimum atomic E-state index is 0.260. The summed E-state index contributed by atoms with van der Waals surface area (Å²) in [7, 11) is 0. The minimum Gasteiger partial charge on any atom is -0.493 e. The molecule has 0 bridgehead atoms. The van der Waals surface area contributed by atoms with Crippen LogP contribution >= 0.6 is 22.9 Å². The number of ether oxygens (including phenoxy) is 3. The number of nitriles is 1. The molecule has 1 fully saturated rings. The number of aromatic nitrogens is 2. The molecule has 0 unspecified atom stereocenters. The summed E-state index contributed by atoms with van der Waals surface area (Å²) in [4.78, 5) is 15.2. The van der Waals surface area contributed by atoms with E-state index in [1.165, 1.54) is 36.5 Å². The summed E-state index contributed by atoms with van der Waals surface area (Å²) in [6.45, 7) is 13.6. The van der Waals surface area contributed by atoms with Crippen molar-refractivity contribution in [1.29, 1.82) is 5.26 Å². The topological polar surface area (TPSA) is 83.7 Å². The van der Waals surface area contributed by atoms with Crippen LogP contribution in [-0.4, -0.2) is 52.6 Å². The summed E-state index contributed by atoms with van der Waals surface area (Å²) in [5.74, 6) is 2.18. The van der Waals surface area contributed by atoms with E-state index in [1.807, 2.05) is 12.1 Å². The zero-order valence-corrected chi connectivity index (χ0v) is 32.4. The van der Waals surface area contributed by atoms with Gasteiger partial charge in [0.15, 0.2) is 0 Å². The van der Waals surface area contributed by atoms with Crippen LogP contribution in [0.25, 0.3) is 11.1 Å². The van der Waals surface area contributed by atoms with Crippen molar-refractivity contribution >= 4 is 22.9 Å². The van der Waals surface area contributed by atoms with E-state index >= 15 is 0 Å². The molecule has 0 aliphatic carbocycles. The highest BCUT2D eigenvalue weighted by molar-refractivity contribution is 7.11. The van der Waals surface area contributed by atoms with Crippen LogP contribution in [0, 0.1) is 32.1 Å². The van der Waals surface area contributed by atoms with Crippen LogP contribution < -0.4 is 14.2 Å². The number of pyridine rings is 1. The molecule has 0 atom stereocenters. The van der Waals surface area contributed by atoms with Crippen molar-refractivity contribution in [3.63, 3.8) is 0 Å². The van der Waals surface area contributed by atoms with Crippen LogP contribution in [0.1, 0.15) is 68.2 Å². The predicted molar refractivity (Wildman–Crippen MR) is 211 cm³/mol. The van der Waals surface area contributed by atoms with Crippen molar-refractivity contribution in [3.8, 4) is 34.4 Å². The Hall–Kier alpha value is -4.46. The maximum absolute atomic E-state index is 9.38. The molecule has 274 valence electrons. The molecule has 2 aliphatic heterocycles. The molecule has 53 heavy (non-hydrogen) atoms. The molecule has 4 heterocycles. The smallest absolute Gasteiger partial charge is 0.142 e. The molecular formula is C43H46ClN5O3S.